The number of aromatic amines is 1. The number of likely N-dealkylation sites (N-methyl/N-ethyl adjacent to an activating group) is 1. The summed E-state index contributed by atoms with van der Waals surface area (Å²) in [6, 6.07) is 8.33. The quantitative estimate of drug-likeness (QED) is 0.655. The van der Waals surface area contributed by atoms with Crippen LogP contribution in [0.15, 0.2) is 24.3 Å². The number of rotatable bonds is 6. The number of amides is 1. The van der Waals surface area contributed by atoms with Gasteiger partial charge in [0.15, 0.2) is 5.82 Å². The van der Waals surface area contributed by atoms with Gasteiger partial charge in [0.1, 0.15) is 11.4 Å². The maximum Gasteiger partial charge on any atom is 0.223 e. The van der Waals surface area contributed by atoms with Crippen molar-refractivity contribution in [3.05, 3.63) is 35.9 Å². The lowest BCUT2D eigenvalue weighted by Gasteiger charge is -2.35. The summed E-state index contributed by atoms with van der Waals surface area (Å²) < 4.78 is 2.04. The zero-order valence-corrected chi connectivity index (χ0v) is 18.3. The first kappa shape index (κ1) is 20.1. The highest BCUT2D eigenvalue weighted by Crippen LogP contribution is 2.38. The third kappa shape index (κ3) is 3.60. The smallest absolute Gasteiger partial charge is 0.223 e. The van der Waals surface area contributed by atoms with E-state index in [0.29, 0.717) is 32.0 Å². The summed E-state index contributed by atoms with van der Waals surface area (Å²) in [5.74, 6) is 1.92. The molecule has 2 aliphatic rings. The normalized spacial score (nSPS) is 22.2. The van der Waals surface area contributed by atoms with Crippen LogP contribution < -0.4 is 0 Å². The highest BCUT2D eigenvalue weighted by atomic mass is 16.2. The Kier molecular flexibility index (Phi) is 5.21. The van der Waals surface area contributed by atoms with Crippen molar-refractivity contribution >= 4 is 16.9 Å². The number of fused-ring (bicyclic) bond motifs is 1. The number of carbonyl (C=O) groups excluding carboxylic acids is 1. The fourth-order valence-electron chi connectivity index (χ4n) is 5.16. The number of aromatic nitrogens is 6. The Morgan fingerprint density at radius 2 is 2.06 bits per heavy atom. The van der Waals surface area contributed by atoms with Gasteiger partial charge in [0.25, 0.3) is 0 Å². The van der Waals surface area contributed by atoms with Gasteiger partial charge in [-0.2, -0.15) is 0 Å². The number of hydrogen-bond acceptors (Lipinski definition) is 6. The minimum absolute atomic E-state index is 0.157. The first-order chi connectivity index (χ1) is 15.1. The Bertz CT molecular complexity index is 1030. The lowest BCUT2D eigenvalue weighted by atomic mass is 9.95. The Hall–Kier alpha value is -2.81. The molecule has 1 aliphatic heterocycles. The van der Waals surface area contributed by atoms with Crippen molar-refractivity contribution in [2.45, 2.75) is 56.5 Å². The molecule has 2 aromatic heterocycles. The summed E-state index contributed by atoms with van der Waals surface area (Å²) in [7, 11) is 4.13. The fraction of sp³-hybridized carbons (Fsp3) is 0.591. The fourth-order valence-corrected chi connectivity index (χ4v) is 5.16. The number of tetrazole rings is 1. The van der Waals surface area contributed by atoms with Gasteiger partial charge in [0.2, 0.25) is 5.91 Å². The molecule has 2 fully saturated rings. The zero-order chi connectivity index (χ0) is 21.4. The van der Waals surface area contributed by atoms with Crippen molar-refractivity contribution in [3.8, 4) is 0 Å². The molecule has 1 N–H and O–H groups in total. The second-order valence-corrected chi connectivity index (χ2v) is 9.08. The van der Waals surface area contributed by atoms with Crippen LogP contribution in [0.25, 0.3) is 11.0 Å². The van der Waals surface area contributed by atoms with Gasteiger partial charge >= 0.3 is 0 Å². The number of H-pyrrole nitrogens is 1. The van der Waals surface area contributed by atoms with Gasteiger partial charge in [-0.1, -0.05) is 25.0 Å². The van der Waals surface area contributed by atoms with E-state index in [1.165, 1.54) is 12.8 Å². The molecule has 1 atom stereocenters. The van der Waals surface area contributed by atoms with Crippen LogP contribution in [0.3, 0.4) is 0 Å². The summed E-state index contributed by atoms with van der Waals surface area (Å²) in [6.45, 7) is 1.33. The first-order valence-corrected chi connectivity index (χ1v) is 11.2. The number of aryl methyl sites for hydroxylation is 1. The van der Waals surface area contributed by atoms with Crippen LogP contribution in [0.1, 0.15) is 56.2 Å². The Morgan fingerprint density at radius 1 is 1.26 bits per heavy atom. The van der Waals surface area contributed by atoms with Crippen molar-refractivity contribution < 1.29 is 4.79 Å². The second-order valence-electron chi connectivity index (χ2n) is 9.08. The van der Waals surface area contributed by atoms with Gasteiger partial charge in [0, 0.05) is 25.9 Å². The molecular formula is C22H30N8O. The van der Waals surface area contributed by atoms with Crippen molar-refractivity contribution in [1.29, 1.82) is 0 Å². The number of likely N-dealkylation sites (tertiary alicyclic amines) is 1. The molecule has 1 aromatic carbocycles. The number of para-hydroxylation sites is 2. The standard InChI is InChI=1S/C22H30N8O/c1-28(2)22(21-25-26-27-30(21)16-7-3-4-8-16)13-14-29(15-22)20(31)12-11-19-23-17-9-5-6-10-18(17)24-19/h5-6,9-10,16H,3-4,7-8,11-15H2,1-2H3,(H,23,24). The molecule has 1 saturated carbocycles. The molecule has 31 heavy (non-hydrogen) atoms. The van der Waals surface area contributed by atoms with Gasteiger partial charge in [-0.05, 0) is 55.9 Å². The van der Waals surface area contributed by atoms with Crippen LogP contribution in [0.5, 0.6) is 0 Å². The molecule has 0 bridgehead atoms. The first-order valence-electron chi connectivity index (χ1n) is 11.2. The number of nitrogens with one attached hydrogen (secondary N) is 1. The molecular weight excluding hydrogens is 392 g/mol. The maximum atomic E-state index is 13.1. The molecule has 1 unspecified atom stereocenters. The van der Waals surface area contributed by atoms with Crippen LogP contribution in [-0.4, -0.2) is 73.1 Å². The van der Waals surface area contributed by atoms with Crippen molar-refractivity contribution in [2.24, 2.45) is 0 Å². The maximum absolute atomic E-state index is 13.1. The van der Waals surface area contributed by atoms with Gasteiger partial charge in [-0.25, -0.2) is 9.67 Å². The van der Waals surface area contributed by atoms with Crippen molar-refractivity contribution in [3.63, 3.8) is 0 Å². The van der Waals surface area contributed by atoms with Gasteiger partial charge in [-0.3, -0.25) is 9.69 Å². The number of carbonyl (C=O) groups is 1. The summed E-state index contributed by atoms with van der Waals surface area (Å²) in [4.78, 5) is 25.1. The van der Waals surface area contributed by atoms with E-state index < -0.39 is 0 Å². The number of hydrogen-bond donors (Lipinski definition) is 1. The van der Waals surface area contributed by atoms with E-state index in [-0.39, 0.29) is 11.4 Å². The molecule has 5 rings (SSSR count). The number of nitrogens with zero attached hydrogens (tertiary/aromatic N) is 7. The highest BCUT2D eigenvalue weighted by molar-refractivity contribution is 5.77. The predicted molar refractivity (Wildman–Crippen MR) is 116 cm³/mol. The van der Waals surface area contributed by atoms with Crippen LogP contribution in [0.4, 0.5) is 0 Å². The summed E-state index contributed by atoms with van der Waals surface area (Å²) >= 11 is 0. The molecule has 0 radical (unpaired) electrons. The van der Waals surface area contributed by atoms with Gasteiger partial charge < -0.3 is 9.88 Å². The van der Waals surface area contributed by atoms with E-state index in [9.17, 15) is 4.79 Å². The molecule has 3 heterocycles. The van der Waals surface area contributed by atoms with Crippen molar-refractivity contribution in [2.75, 3.05) is 27.2 Å². The van der Waals surface area contributed by atoms with Gasteiger partial charge in [-0.15, -0.1) is 5.10 Å². The SMILES string of the molecule is CN(C)C1(c2nnnn2C2CCCC2)CCN(C(=O)CCc2nc3ccccc3[nH]2)C1. The molecule has 1 saturated heterocycles. The minimum atomic E-state index is -0.346. The molecule has 9 heteroatoms. The van der Waals surface area contributed by atoms with E-state index in [4.69, 9.17) is 0 Å². The largest absolute Gasteiger partial charge is 0.342 e. The second kappa shape index (κ2) is 8.03. The van der Waals surface area contributed by atoms with Crippen LogP contribution in [0, 0.1) is 0 Å². The Morgan fingerprint density at radius 3 is 2.84 bits per heavy atom. The predicted octanol–water partition coefficient (Wildman–Crippen LogP) is 2.29. The summed E-state index contributed by atoms with van der Waals surface area (Å²) in [6.07, 6.45) is 6.60. The molecule has 1 aliphatic carbocycles. The van der Waals surface area contributed by atoms with E-state index >= 15 is 0 Å². The molecule has 0 spiro atoms. The molecule has 164 valence electrons. The zero-order valence-electron chi connectivity index (χ0n) is 18.3. The number of imidazole rings is 1. The minimum Gasteiger partial charge on any atom is -0.342 e. The lowest BCUT2D eigenvalue weighted by molar-refractivity contribution is -0.130. The number of benzene rings is 1. The summed E-state index contributed by atoms with van der Waals surface area (Å²) in [5, 5.41) is 12.8. The Balaban J connectivity index is 1.30. The van der Waals surface area contributed by atoms with Crippen LogP contribution in [-0.2, 0) is 16.8 Å². The molecule has 3 aromatic rings. The van der Waals surface area contributed by atoms with Gasteiger partial charge in [0.05, 0.1) is 17.1 Å². The Labute approximate surface area is 181 Å². The van der Waals surface area contributed by atoms with Crippen LogP contribution >= 0.6 is 0 Å². The average Bonchev–Trinajstić information content (AvgIpc) is 3.55. The summed E-state index contributed by atoms with van der Waals surface area (Å²) in [5.41, 5.74) is 1.61. The molecule has 9 nitrogen and oxygen atoms in total. The monoisotopic (exact) mass is 422 g/mol. The van der Waals surface area contributed by atoms with E-state index in [1.807, 2.05) is 33.8 Å². The molecule has 1 amide bonds. The average molecular weight is 423 g/mol. The lowest BCUT2D eigenvalue weighted by Crippen LogP contribution is -2.47. The third-order valence-corrected chi connectivity index (χ3v) is 7.05. The highest BCUT2D eigenvalue weighted by Gasteiger charge is 2.47. The van der Waals surface area contributed by atoms with E-state index in [2.05, 4.69) is 44.5 Å². The topological polar surface area (TPSA) is 95.8 Å². The van der Waals surface area contributed by atoms with Crippen molar-refractivity contribution in [1.82, 2.24) is 40.0 Å². The van der Waals surface area contributed by atoms with E-state index in [1.54, 1.807) is 0 Å². The third-order valence-electron chi connectivity index (χ3n) is 7.05. The van der Waals surface area contributed by atoms with E-state index in [0.717, 1.165) is 41.9 Å². The van der Waals surface area contributed by atoms with Crippen LogP contribution in [0.2, 0.25) is 0 Å².